The van der Waals surface area contributed by atoms with E-state index in [9.17, 15) is 13.5 Å². The zero-order valence-electron chi connectivity index (χ0n) is 10.5. The Labute approximate surface area is 117 Å². The molecule has 0 saturated carbocycles. The summed E-state index contributed by atoms with van der Waals surface area (Å²) in [6, 6.07) is 5.13. The third-order valence-corrected chi connectivity index (χ3v) is 4.92. The first kappa shape index (κ1) is 15.6. The fourth-order valence-corrected chi connectivity index (χ4v) is 3.65. The highest BCUT2D eigenvalue weighted by Crippen LogP contribution is 2.22. The van der Waals surface area contributed by atoms with Crippen molar-refractivity contribution in [2.75, 3.05) is 6.54 Å². The van der Waals surface area contributed by atoms with Gasteiger partial charge in [-0.2, -0.15) is 0 Å². The van der Waals surface area contributed by atoms with Crippen molar-refractivity contribution >= 4 is 26.0 Å². The van der Waals surface area contributed by atoms with Gasteiger partial charge in [-0.15, -0.1) is 0 Å². The first-order valence-electron chi connectivity index (χ1n) is 5.80. The molecular formula is C12H18BrNO3S. The number of aliphatic hydroxyl groups excluding tert-OH is 1. The van der Waals surface area contributed by atoms with Crippen LogP contribution in [-0.4, -0.2) is 26.2 Å². The quantitative estimate of drug-likeness (QED) is 0.837. The Morgan fingerprint density at radius 3 is 2.72 bits per heavy atom. The smallest absolute Gasteiger partial charge is 0.241 e. The van der Waals surface area contributed by atoms with Gasteiger partial charge in [0.05, 0.1) is 11.0 Å². The molecule has 1 aromatic carbocycles. The number of sulfonamides is 1. The fraction of sp³-hybridized carbons (Fsp3) is 0.500. The van der Waals surface area contributed by atoms with E-state index < -0.39 is 16.1 Å². The van der Waals surface area contributed by atoms with Crippen molar-refractivity contribution in [3.63, 3.8) is 0 Å². The lowest BCUT2D eigenvalue weighted by molar-refractivity contribution is 0.167. The highest BCUT2D eigenvalue weighted by atomic mass is 79.9. The van der Waals surface area contributed by atoms with Crippen LogP contribution >= 0.6 is 15.9 Å². The molecule has 4 nitrogen and oxygen atoms in total. The number of aryl methyl sites for hydroxylation is 1. The first-order chi connectivity index (χ1) is 8.36. The first-order valence-corrected chi connectivity index (χ1v) is 8.08. The molecule has 0 aliphatic carbocycles. The highest BCUT2D eigenvalue weighted by molar-refractivity contribution is 9.10. The lowest BCUT2D eigenvalue weighted by Gasteiger charge is -2.12. The van der Waals surface area contributed by atoms with E-state index in [0.717, 1.165) is 12.0 Å². The van der Waals surface area contributed by atoms with Gasteiger partial charge in [0.2, 0.25) is 10.0 Å². The van der Waals surface area contributed by atoms with Crippen LogP contribution in [0.25, 0.3) is 0 Å². The summed E-state index contributed by atoms with van der Waals surface area (Å²) in [5, 5.41) is 9.54. The van der Waals surface area contributed by atoms with Gasteiger partial charge >= 0.3 is 0 Å². The van der Waals surface area contributed by atoms with E-state index in [4.69, 9.17) is 0 Å². The Hall–Kier alpha value is -0.430. The average molecular weight is 336 g/mol. The van der Waals surface area contributed by atoms with Gasteiger partial charge in [0, 0.05) is 11.0 Å². The van der Waals surface area contributed by atoms with Crippen LogP contribution in [0.15, 0.2) is 27.6 Å². The van der Waals surface area contributed by atoms with Gasteiger partial charge in [-0.25, -0.2) is 13.1 Å². The lowest BCUT2D eigenvalue weighted by Crippen LogP contribution is -2.32. The molecule has 6 heteroatoms. The SMILES string of the molecule is CCCC(O)CNS(=O)(=O)c1cc(C)ccc1Br. The minimum Gasteiger partial charge on any atom is -0.392 e. The van der Waals surface area contributed by atoms with Gasteiger partial charge in [0.1, 0.15) is 0 Å². The van der Waals surface area contributed by atoms with Crippen molar-refractivity contribution in [2.45, 2.75) is 37.7 Å². The summed E-state index contributed by atoms with van der Waals surface area (Å²) in [5.74, 6) is 0. The number of halogens is 1. The maximum absolute atomic E-state index is 12.1. The van der Waals surface area contributed by atoms with Crippen LogP contribution in [0.1, 0.15) is 25.3 Å². The summed E-state index contributed by atoms with van der Waals surface area (Å²) in [7, 11) is -3.58. The second kappa shape index (κ2) is 6.65. The molecule has 0 heterocycles. The third-order valence-electron chi connectivity index (χ3n) is 2.51. The van der Waals surface area contributed by atoms with E-state index in [-0.39, 0.29) is 11.4 Å². The lowest BCUT2D eigenvalue weighted by atomic mass is 10.2. The van der Waals surface area contributed by atoms with Crippen LogP contribution in [-0.2, 0) is 10.0 Å². The third kappa shape index (κ3) is 4.35. The molecule has 1 rings (SSSR count). The van der Waals surface area contributed by atoms with Gasteiger partial charge in [0.25, 0.3) is 0 Å². The summed E-state index contributed by atoms with van der Waals surface area (Å²) < 4.78 is 27.1. The summed E-state index contributed by atoms with van der Waals surface area (Å²) in [4.78, 5) is 0.200. The van der Waals surface area contributed by atoms with Gasteiger partial charge < -0.3 is 5.11 Å². The molecule has 1 aromatic rings. The van der Waals surface area contributed by atoms with Gasteiger partial charge in [-0.3, -0.25) is 0 Å². The summed E-state index contributed by atoms with van der Waals surface area (Å²) in [5.41, 5.74) is 0.868. The van der Waals surface area contributed by atoms with E-state index in [1.165, 1.54) is 0 Å². The number of hydrogen-bond donors (Lipinski definition) is 2. The molecule has 1 unspecified atom stereocenters. The van der Waals surface area contributed by atoms with Crippen molar-refractivity contribution in [3.05, 3.63) is 28.2 Å². The number of aliphatic hydroxyl groups is 1. The van der Waals surface area contributed by atoms with Crippen LogP contribution in [0.4, 0.5) is 0 Å². The van der Waals surface area contributed by atoms with E-state index in [2.05, 4.69) is 20.7 Å². The van der Waals surface area contributed by atoms with Crippen molar-refractivity contribution < 1.29 is 13.5 Å². The largest absolute Gasteiger partial charge is 0.392 e. The predicted octanol–water partition coefficient (Wildman–Crippen LogP) is 2.20. The van der Waals surface area contributed by atoms with Gasteiger partial charge in [-0.05, 0) is 47.0 Å². The molecule has 18 heavy (non-hydrogen) atoms. The van der Waals surface area contributed by atoms with Crippen molar-refractivity contribution in [1.82, 2.24) is 4.72 Å². The maximum atomic E-state index is 12.1. The minimum absolute atomic E-state index is 0.0382. The normalized spacial score (nSPS) is 13.6. The topological polar surface area (TPSA) is 66.4 Å². The average Bonchev–Trinajstić information content (AvgIpc) is 2.30. The summed E-state index contributed by atoms with van der Waals surface area (Å²) >= 11 is 3.22. The van der Waals surface area contributed by atoms with Crippen LogP contribution in [0.2, 0.25) is 0 Å². The van der Waals surface area contributed by atoms with E-state index in [0.29, 0.717) is 10.9 Å². The fourth-order valence-electron chi connectivity index (χ4n) is 1.54. The molecule has 1 atom stereocenters. The van der Waals surface area contributed by atoms with Crippen molar-refractivity contribution in [1.29, 1.82) is 0 Å². The van der Waals surface area contributed by atoms with Crippen molar-refractivity contribution in [2.24, 2.45) is 0 Å². The number of benzene rings is 1. The van der Waals surface area contributed by atoms with Crippen molar-refractivity contribution in [3.8, 4) is 0 Å². The Kier molecular flexibility index (Phi) is 5.78. The molecule has 0 spiro atoms. The van der Waals surface area contributed by atoms with E-state index in [1.54, 1.807) is 12.1 Å². The second-order valence-electron chi connectivity index (χ2n) is 4.23. The van der Waals surface area contributed by atoms with Crippen LogP contribution in [0, 0.1) is 6.92 Å². The molecule has 102 valence electrons. The Bertz CT molecular complexity index is 502. The van der Waals surface area contributed by atoms with Crippen LogP contribution < -0.4 is 4.72 Å². The zero-order chi connectivity index (χ0) is 13.8. The highest BCUT2D eigenvalue weighted by Gasteiger charge is 2.18. The standard InChI is InChI=1S/C12H18BrNO3S/c1-3-4-10(15)8-14-18(16,17)12-7-9(2)5-6-11(12)13/h5-7,10,14-15H,3-4,8H2,1-2H3. The molecule has 0 amide bonds. The number of hydrogen-bond acceptors (Lipinski definition) is 3. The minimum atomic E-state index is -3.58. The van der Waals surface area contributed by atoms with Crippen LogP contribution in [0.5, 0.6) is 0 Å². The van der Waals surface area contributed by atoms with Gasteiger partial charge in [-0.1, -0.05) is 19.4 Å². The zero-order valence-corrected chi connectivity index (χ0v) is 12.9. The predicted molar refractivity (Wildman–Crippen MR) is 75.0 cm³/mol. The Morgan fingerprint density at radius 2 is 2.11 bits per heavy atom. The number of nitrogens with one attached hydrogen (secondary N) is 1. The maximum Gasteiger partial charge on any atom is 0.241 e. The number of rotatable bonds is 6. The molecule has 0 aromatic heterocycles. The van der Waals surface area contributed by atoms with E-state index >= 15 is 0 Å². The molecule has 0 aliphatic rings. The monoisotopic (exact) mass is 335 g/mol. The molecule has 0 aliphatic heterocycles. The van der Waals surface area contributed by atoms with Gasteiger partial charge in [0.15, 0.2) is 0 Å². The molecule has 0 radical (unpaired) electrons. The molecule has 0 fully saturated rings. The second-order valence-corrected chi connectivity index (χ2v) is 6.82. The van der Waals surface area contributed by atoms with E-state index in [1.807, 2.05) is 19.9 Å². The van der Waals surface area contributed by atoms with Crippen LogP contribution in [0.3, 0.4) is 0 Å². The molecular weight excluding hydrogens is 318 g/mol. The Morgan fingerprint density at radius 1 is 1.44 bits per heavy atom. The summed E-state index contributed by atoms with van der Waals surface area (Å²) in [6.07, 6.45) is 0.752. The summed E-state index contributed by atoms with van der Waals surface area (Å²) in [6.45, 7) is 3.81. The molecule has 2 N–H and O–H groups in total. The Balaban J connectivity index is 2.83. The molecule has 0 saturated heterocycles. The molecule has 0 bridgehead atoms.